The summed E-state index contributed by atoms with van der Waals surface area (Å²) in [6.45, 7) is 4.52. The van der Waals surface area contributed by atoms with Gasteiger partial charge in [0, 0.05) is 25.7 Å². The minimum Gasteiger partial charge on any atom is -0.462 e. The number of aliphatic hydroxyl groups is 1. The van der Waals surface area contributed by atoms with Crippen LogP contribution in [0.2, 0.25) is 0 Å². The SMILES string of the molecule is CC/C=C\C/C=C\C/C=C\C/C=C\CCCCCCCCC(=O)OCC(COP(=O)(O)OCC(O)COP(=O)(O)OCC(COC(=O)CCCCCCCCC/C=C\C/C=C\C/C=C\CC)OC(=O)CCCCCCCCCCCCCCC)OC(=O)CCCCCC/C=C\C/C=C\C/C=C\C/C=C\CC. The molecule has 0 rings (SSSR count). The van der Waals surface area contributed by atoms with Crippen molar-refractivity contribution in [3.8, 4) is 0 Å². The molecule has 0 radical (unpaired) electrons. The number of hydrogen-bond acceptors (Lipinski definition) is 15. The first-order valence-electron chi connectivity index (χ1n) is 41.4. The Labute approximate surface area is 644 Å². The number of carbonyl (C=O) groups is 4. The number of carbonyl (C=O) groups excluding carboxylic acids is 4. The van der Waals surface area contributed by atoms with Gasteiger partial charge in [-0.3, -0.25) is 37.3 Å². The fourth-order valence-electron chi connectivity index (χ4n) is 10.9. The molecule has 0 aromatic heterocycles. The van der Waals surface area contributed by atoms with Crippen molar-refractivity contribution < 1.29 is 80.2 Å². The number of unbranched alkanes of at least 4 members (excludes halogenated alkanes) is 29. The number of hydrogen-bond donors (Lipinski definition) is 3. The first-order chi connectivity index (χ1) is 51.7. The van der Waals surface area contributed by atoms with Gasteiger partial charge in [0.05, 0.1) is 26.4 Å². The van der Waals surface area contributed by atoms with Crippen LogP contribution in [-0.4, -0.2) is 96.7 Å². The molecule has 0 saturated carbocycles. The van der Waals surface area contributed by atoms with Crippen molar-refractivity contribution in [1.82, 2.24) is 0 Å². The molecule has 5 unspecified atom stereocenters. The highest BCUT2D eigenvalue weighted by molar-refractivity contribution is 7.47. The summed E-state index contributed by atoms with van der Waals surface area (Å²) in [7, 11) is -9.98. The average Bonchev–Trinajstić information content (AvgIpc) is 0.907. The Hall–Kier alpha value is -4.80. The highest BCUT2D eigenvalue weighted by Crippen LogP contribution is 2.45. The average molecular weight is 1530 g/mol. The summed E-state index contributed by atoms with van der Waals surface area (Å²) in [6.07, 6.45) is 88.4. The van der Waals surface area contributed by atoms with Crippen LogP contribution in [0.5, 0.6) is 0 Å². The van der Waals surface area contributed by atoms with Crippen LogP contribution in [0.4, 0.5) is 0 Å². The lowest BCUT2D eigenvalue weighted by molar-refractivity contribution is -0.161. The molecule has 0 bridgehead atoms. The third-order valence-corrected chi connectivity index (χ3v) is 19.0. The molecule has 0 saturated heterocycles. The van der Waals surface area contributed by atoms with E-state index in [-0.39, 0.29) is 25.7 Å². The van der Waals surface area contributed by atoms with Crippen LogP contribution in [0.15, 0.2) is 134 Å². The molecule has 3 N–H and O–H groups in total. The number of allylic oxidation sites excluding steroid dienone is 22. The standard InChI is InChI=1S/C87H148O17P2/c1-5-9-13-17-21-25-29-33-36-39-40-43-45-49-52-56-60-64-68-72-85(90)98-78-83(104-87(92)74-70-66-62-58-54-50-46-42-38-35-31-27-23-19-15-11-7-3)80-102-106(95,96)100-76-81(88)75-99-105(93,94)101-79-82(103-86(91)73-69-65-61-57-53-47-32-28-24-20-16-12-8-4)77-97-84(89)71-67-63-59-55-51-48-44-41-37-34-30-26-22-18-14-10-6-2/h9-11,13-15,21-23,25-27,33-38,40,43,46,50,81-83,88H,5-8,12,16-20,24,28-32,39,41-42,44-45,47-49,51-80H2,1-4H3,(H,93,94)(H,95,96)/b13-9-,14-10-,15-11-,25-21-,26-22-,27-23-,36-33-,37-34-,38-35-,43-40-,50-46-. The van der Waals surface area contributed by atoms with Gasteiger partial charge in [-0.1, -0.05) is 309 Å². The maximum Gasteiger partial charge on any atom is 0.472 e. The Morgan fingerprint density at radius 2 is 0.491 bits per heavy atom. The van der Waals surface area contributed by atoms with Crippen LogP contribution < -0.4 is 0 Å². The topological polar surface area (TPSA) is 237 Å². The van der Waals surface area contributed by atoms with Gasteiger partial charge in [0.25, 0.3) is 0 Å². The van der Waals surface area contributed by atoms with Crippen LogP contribution in [0.25, 0.3) is 0 Å². The lowest BCUT2D eigenvalue weighted by atomic mass is 10.0. The van der Waals surface area contributed by atoms with Crippen molar-refractivity contribution in [2.24, 2.45) is 0 Å². The Balaban J connectivity index is 5.39. The maximum absolute atomic E-state index is 13.1. The molecule has 0 heterocycles. The number of rotatable bonds is 77. The fourth-order valence-corrected chi connectivity index (χ4v) is 12.5. The van der Waals surface area contributed by atoms with Crippen molar-refractivity contribution in [2.45, 2.75) is 354 Å². The third-order valence-electron chi connectivity index (χ3n) is 17.1. The number of esters is 4. The van der Waals surface area contributed by atoms with Crippen molar-refractivity contribution in [3.63, 3.8) is 0 Å². The van der Waals surface area contributed by atoms with Gasteiger partial charge < -0.3 is 33.8 Å². The van der Waals surface area contributed by atoms with Gasteiger partial charge in [-0.05, 0) is 135 Å². The van der Waals surface area contributed by atoms with Gasteiger partial charge in [0.15, 0.2) is 12.2 Å². The van der Waals surface area contributed by atoms with Gasteiger partial charge in [-0.15, -0.1) is 0 Å². The molecular formula is C87H148O17P2. The number of phosphoric ester groups is 2. The maximum atomic E-state index is 13.1. The number of ether oxygens (including phenoxy) is 4. The van der Waals surface area contributed by atoms with Gasteiger partial charge >= 0.3 is 39.5 Å². The molecule has 17 nitrogen and oxygen atoms in total. The minimum absolute atomic E-state index is 0.0608. The van der Waals surface area contributed by atoms with Gasteiger partial charge in [0.1, 0.15) is 19.3 Å². The highest BCUT2D eigenvalue weighted by Gasteiger charge is 2.30. The molecular weight excluding hydrogens is 1380 g/mol. The molecule has 0 fully saturated rings. The Bertz CT molecular complexity index is 2530. The lowest BCUT2D eigenvalue weighted by Crippen LogP contribution is -2.30. The predicted octanol–water partition coefficient (Wildman–Crippen LogP) is 24.4. The third kappa shape index (κ3) is 77.4. The fraction of sp³-hybridized carbons (Fsp3) is 0.701. The summed E-state index contributed by atoms with van der Waals surface area (Å²) in [5.41, 5.74) is 0. The molecule has 0 aromatic carbocycles. The predicted molar refractivity (Wildman–Crippen MR) is 436 cm³/mol. The summed E-state index contributed by atoms with van der Waals surface area (Å²) in [6, 6.07) is 0. The monoisotopic (exact) mass is 1530 g/mol. The van der Waals surface area contributed by atoms with Crippen LogP contribution in [0.1, 0.15) is 336 Å². The van der Waals surface area contributed by atoms with Crippen molar-refractivity contribution >= 4 is 39.5 Å². The van der Waals surface area contributed by atoms with E-state index < -0.39 is 97.5 Å². The minimum atomic E-state index is -4.99. The molecule has 0 aliphatic carbocycles. The van der Waals surface area contributed by atoms with Crippen molar-refractivity contribution in [1.29, 1.82) is 0 Å². The molecule has 0 spiro atoms. The van der Waals surface area contributed by atoms with Gasteiger partial charge in [-0.2, -0.15) is 0 Å². The molecule has 19 heteroatoms. The first-order valence-corrected chi connectivity index (χ1v) is 44.4. The Morgan fingerprint density at radius 1 is 0.274 bits per heavy atom. The van der Waals surface area contributed by atoms with E-state index in [1.54, 1.807) is 0 Å². The highest BCUT2D eigenvalue weighted by atomic mass is 31.2. The van der Waals surface area contributed by atoms with E-state index >= 15 is 0 Å². The van der Waals surface area contributed by atoms with Crippen LogP contribution in [0, 0.1) is 0 Å². The largest absolute Gasteiger partial charge is 0.472 e. The summed E-state index contributed by atoms with van der Waals surface area (Å²) in [4.78, 5) is 73.2. The summed E-state index contributed by atoms with van der Waals surface area (Å²) in [5, 5.41) is 10.7. The Morgan fingerprint density at radius 3 is 0.755 bits per heavy atom. The molecule has 5 atom stereocenters. The lowest BCUT2D eigenvalue weighted by Gasteiger charge is -2.21. The van der Waals surface area contributed by atoms with E-state index in [2.05, 4.69) is 161 Å². The summed E-state index contributed by atoms with van der Waals surface area (Å²) >= 11 is 0. The van der Waals surface area contributed by atoms with Crippen LogP contribution in [0.3, 0.4) is 0 Å². The molecule has 0 amide bonds. The molecule has 0 aliphatic rings. The quantitative estimate of drug-likeness (QED) is 0.0169. The van der Waals surface area contributed by atoms with Crippen molar-refractivity contribution in [3.05, 3.63) is 134 Å². The second-order valence-corrected chi connectivity index (χ2v) is 30.2. The normalized spacial score (nSPS) is 14.5. The van der Waals surface area contributed by atoms with Crippen LogP contribution >= 0.6 is 15.6 Å². The second kappa shape index (κ2) is 78.3. The second-order valence-electron chi connectivity index (χ2n) is 27.3. The number of phosphoric acid groups is 2. The van der Waals surface area contributed by atoms with E-state index in [4.69, 9.17) is 37.0 Å². The van der Waals surface area contributed by atoms with Gasteiger partial charge in [0.2, 0.25) is 0 Å². The van der Waals surface area contributed by atoms with E-state index in [1.807, 2.05) is 0 Å². The molecule has 0 aliphatic heterocycles. The Kier molecular flexibility index (Phi) is 74.8. The van der Waals surface area contributed by atoms with Gasteiger partial charge in [-0.25, -0.2) is 9.13 Å². The smallest absolute Gasteiger partial charge is 0.462 e. The van der Waals surface area contributed by atoms with E-state index in [1.165, 1.54) is 51.4 Å². The zero-order chi connectivity index (χ0) is 77.4. The summed E-state index contributed by atoms with van der Waals surface area (Å²) in [5.74, 6) is -2.22. The number of aliphatic hydroxyl groups excluding tert-OH is 1. The van der Waals surface area contributed by atoms with E-state index in [0.717, 1.165) is 205 Å². The van der Waals surface area contributed by atoms with E-state index in [9.17, 15) is 43.2 Å². The zero-order valence-corrected chi connectivity index (χ0v) is 68.4. The molecule has 0 aromatic rings. The van der Waals surface area contributed by atoms with Crippen LogP contribution in [-0.2, 0) is 65.4 Å². The molecule has 106 heavy (non-hydrogen) atoms. The van der Waals surface area contributed by atoms with E-state index in [0.29, 0.717) is 25.7 Å². The first kappa shape index (κ1) is 101. The molecule has 608 valence electrons. The van der Waals surface area contributed by atoms with Crippen molar-refractivity contribution in [2.75, 3.05) is 39.6 Å². The zero-order valence-electron chi connectivity index (χ0n) is 66.6. The summed E-state index contributed by atoms with van der Waals surface area (Å²) < 4.78 is 68.7.